The number of aliphatic hydroxyl groups excluding tert-OH is 1. The number of hydrogen-bond acceptors (Lipinski definition) is 3. The monoisotopic (exact) mass is 807 g/mol. The van der Waals surface area contributed by atoms with E-state index in [0.29, 0.717) is 12.8 Å². The van der Waals surface area contributed by atoms with E-state index in [1.807, 2.05) is 30.5 Å². The molecule has 1 radical (unpaired) electrons. The van der Waals surface area contributed by atoms with Crippen molar-refractivity contribution in [3.8, 4) is 55.8 Å². The predicted octanol–water partition coefficient (Wildman–Crippen LogP) is 11.6. The van der Waals surface area contributed by atoms with Crippen molar-refractivity contribution in [3.63, 3.8) is 0 Å². The first-order valence-electron chi connectivity index (χ1n) is 16.1. The Hall–Kier alpha value is -4.89. The van der Waals surface area contributed by atoms with Gasteiger partial charge in [0.15, 0.2) is 5.78 Å². The van der Waals surface area contributed by atoms with Crippen molar-refractivity contribution in [1.29, 1.82) is 0 Å². The second kappa shape index (κ2) is 17.3. The standard InChI is InChI=1S/C37H28N.C7H12O2.Ir/c1-26-11-8-12-27(2)37(26)35-25-31(30-16-9-15-29(23-30)28-13-4-3-5-14-28)20-21-34(35)32-17-10-18-33(24-32)36-19-6-7-22-38-36;1-3-6(8)5-7(9)4-2;/h3-17,19-25H,1-2H3;5,8H,3-4H2,1-2H3;/q-1;;/b;6-5-;. The largest absolute Gasteiger partial charge is 0.512 e. The Labute approximate surface area is 298 Å². The molecule has 0 aliphatic heterocycles. The van der Waals surface area contributed by atoms with Gasteiger partial charge in [-0.2, -0.15) is 0 Å². The van der Waals surface area contributed by atoms with E-state index in [9.17, 15) is 4.79 Å². The van der Waals surface area contributed by atoms with Crippen molar-refractivity contribution in [2.75, 3.05) is 0 Å². The number of hydrogen-bond donors (Lipinski definition) is 1. The average molecular weight is 807 g/mol. The van der Waals surface area contributed by atoms with E-state index in [-0.39, 0.29) is 31.6 Å². The molecule has 0 atom stereocenters. The van der Waals surface area contributed by atoms with Crippen LogP contribution < -0.4 is 0 Å². The van der Waals surface area contributed by atoms with Crippen LogP contribution in [-0.2, 0) is 24.9 Å². The van der Waals surface area contributed by atoms with Crippen molar-refractivity contribution >= 4 is 5.78 Å². The molecule has 1 N–H and O–H groups in total. The topological polar surface area (TPSA) is 50.2 Å². The minimum absolute atomic E-state index is 0. The fourth-order valence-corrected chi connectivity index (χ4v) is 5.62. The molecule has 6 aromatic rings. The molecule has 0 saturated heterocycles. The zero-order chi connectivity index (χ0) is 33.2. The zero-order valence-corrected chi connectivity index (χ0v) is 30.2. The smallest absolute Gasteiger partial charge is 0.158 e. The molecule has 0 amide bonds. The number of allylic oxidation sites excluding steroid dienone is 2. The molecule has 243 valence electrons. The molecule has 0 aliphatic carbocycles. The van der Waals surface area contributed by atoms with Crippen LogP contribution in [0.4, 0.5) is 0 Å². The van der Waals surface area contributed by atoms with Gasteiger partial charge in [0.2, 0.25) is 0 Å². The maximum Gasteiger partial charge on any atom is 0.158 e. The van der Waals surface area contributed by atoms with E-state index < -0.39 is 0 Å². The number of aromatic nitrogens is 1. The maximum atomic E-state index is 10.5. The molecule has 0 spiro atoms. The third-order valence-corrected chi connectivity index (χ3v) is 8.16. The van der Waals surface area contributed by atoms with E-state index in [0.717, 1.165) is 16.8 Å². The molecule has 0 bridgehead atoms. The summed E-state index contributed by atoms with van der Waals surface area (Å²) in [5, 5.41) is 8.80. The van der Waals surface area contributed by atoms with Crippen LogP contribution in [-0.4, -0.2) is 15.9 Å². The average Bonchev–Trinajstić information content (AvgIpc) is 3.12. The summed E-state index contributed by atoms with van der Waals surface area (Å²) in [5.41, 5.74) is 14.2. The maximum absolute atomic E-state index is 10.5. The van der Waals surface area contributed by atoms with Crippen molar-refractivity contribution in [1.82, 2.24) is 4.98 Å². The number of carbonyl (C=O) groups is 1. The molecule has 48 heavy (non-hydrogen) atoms. The van der Waals surface area contributed by atoms with Gasteiger partial charge in [0.05, 0.1) is 5.76 Å². The fourth-order valence-electron chi connectivity index (χ4n) is 5.62. The third kappa shape index (κ3) is 8.92. The molecule has 0 unspecified atom stereocenters. The van der Waals surface area contributed by atoms with Crippen LogP contribution in [0.25, 0.3) is 55.8 Å². The molecule has 0 fully saturated rings. The molecule has 0 aliphatic rings. The number of rotatable bonds is 8. The SMILES string of the molecule is CCC(=O)/C=C(\O)CC.Cc1cccc(C)c1-c1cc(-c2cccc(-c3ccccc3)c2)ccc1-c1cc[c-]c(-c2ccccn2)c1.[Ir]. The van der Waals surface area contributed by atoms with Crippen LogP contribution in [0.1, 0.15) is 37.8 Å². The van der Waals surface area contributed by atoms with Crippen molar-refractivity contribution < 1.29 is 30.0 Å². The van der Waals surface area contributed by atoms with Crippen LogP contribution in [0.15, 0.2) is 145 Å². The zero-order valence-electron chi connectivity index (χ0n) is 27.8. The third-order valence-electron chi connectivity index (χ3n) is 8.16. The van der Waals surface area contributed by atoms with Gasteiger partial charge in [-0.25, -0.2) is 0 Å². The summed E-state index contributed by atoms with van der Waals surface area (Å²) in [7, 11) is 0. The number of pyridine rings is 1. The van der Waals surface area contributed by atoms with E-state index in [2.05, 4.69) is 128 Å². The number of aliphatic hydroxyl groups is 1. The summed E-state index contributed by atoms with van der Waals surface area (Å²) in [4.78, 5) is 15.1. The molecule has 4 heteroatoms. The number of nitrogens with zero attached hydrogens (tertiary/aromatic N) is 1. The van der Waals surface area contributed by atoms with Gasteiger partial charge in [-0.05, 0) is 87.8 Å². The van der Waals surface area contributed by atoms with Crippen LogP contribution in [0.3, 0.4) is 0 Å². The Morgan fingerprint density at radius 1 is 0.667 bits per heavy atom. The Morgan fingerprint density at radius 3 is 1.98 bits per heavy atom. The van der Waals surface area contributed by atoms with E-state index in [1.54, 1.807) is 13.8 Å². The molecule has 0 saturated carbocycles. The van der Waals surface area contributed by atoms with Gasteiger partial charge in [0.1, 0.15) is 0 Å². The Morgan fingerprint density at radius 2 is 1.31 bits per heavy atom. The van der Waals surface area contributed by atoms with E-state index in [1.165, 1.54) is 56.1 Å². The first-order valence-corrected chi connectivity index (χ1v) is 16.1. The van der Waals surface area contributed by atoms with Gasteiger partial charge in [0.25, 0.3) is 0 Å². The molecule has 1 heterocycles. The summed E-state index contributed by atoms with van der Waals surface area (Å²) in [5.74, 6) is 0.149. The second-order valence-electron chi connectivity index (χ2n) is 11.5. The van der Waals surface area contributed by atoms with Crippen LogP contribution >= 0.6 is 0 Å². The van der Waals surface area contributed by atoms with E-state index in [4.69, 9.17) is 5.11 Å². The number of benzene rings is 5. The van der Waals surface area contributed by atoms with Gasteiger partial charge in [-0.1, -0.05) is 105 Å². The van der Waals surface area contributed by atoms with Gasteiger partial charge in [0, 0.05) is 45.2 Å². The summed E-state index contributed by atoms with van der Waals surface area (Å²) < 4.78 is 0. The number of ketones is 1. The van der Waals surface area contributed by atoms with Crippen molar-refractivity contribution in [2.45, 2.75) is 40.5 Å². The Balaban J connectivity index is 0.000000460. The Bertz CT molecular complexity index is 1980. The van der Waals surface area contributed by atoms with Crippen LogP contribution in [0, 0.1) is 19.9 Å². The minimum Gasteiger partial charge on any atom is -0.512 e. The molecule has 6 rings (SSSR count). The van der Waals surface area contributed by atoms with Gasteiger partial charge >= 0.3 is 0 Å². The van der Waals surface area contributed by atoms with Crippen LogP contribution in [0.5, 0.6) is 0 Å². The minimum atomic E-state index is -0.0191. The summed E-state index contributed by atoms with van der Waals surface area (Å²) in [6.07, 6.45) is 4.10. The molecule has 5 aromatic carbocycles. The van der Waals surface area contributed by atoms with Gasteiger partial charge < -0.3 is 10.1 Å². The van der Waals surface area contributed by atoms with Crippen LogP contribution in [0.2, 0.25) is 0 Å². The van der Waals surface area contributed by atoms with Crippen molar-refractivity contribution in [2.24, 2.45) is 0 Å². The first kappa shape index (κ1) is 36.0. The van der Waals surface area contributed by atoms with Gasteiger partial charge in [-0.3, -0.25) is 4.79 Å². The molecule has 3 nitrogen and oxygen atoms in total. The Kier molecular flexibility index (Phi) is 13.0. The first-order chi connectivity index (χ1) is 22.9. The molecular weight excluding hydrogens is 767 g/mol. The number of aryl methyl sites for hydroxylation is 2. The summed E-state index contributed by atoms with van der Waals surface area (Å²) >= 11 is 0. The molecular formula is C44H40IrNO2-. The van der Waals surface area contributed by atoms with E-state index >= 15 is 0 Å². The van der Waals surface area contributed by atoms with Crippen molar-refractivity contribution in [3.05, 3.63) is 163 Å². The predicted molar refractivity (Wildman–Crippen MR) is 196 cm³/mol. The fraction of sp³-hybridized carbons (Fsp3) is 0.136. The molecule has 1 aromatic heterocycles. The normalized spacial score (nSPS) is 10.8. The van der Waals surface area contributed by atoms with Gasteiger partial charge in [-0.15, -0.1) is 35.4 Å². The number of carbonyl (C=O) groups excluding carboxylic acids is 1. The summed E-state index contributed by atoms with van der Waals surface area (Å²) in [6, 6.07) is 48.5. The quantitative estimate of drug-likeness (QED) is 0.0947. The summed E-state index contributed by atoms with van der Waals surface area (Å²) in [6.45, 7) is 7.97. The second-order valence-corrected chi connectivity index (χ2v) is 11.5.